The maximum absolute atomic E-state index is 13.3. The van der Waals surface area contributed by atoms with Gasteiger partial charge in [-0.05, 0) is 42.7 Å². The van der Waals surface area contributed by atoms with E-state index in [4.69, 9.17) is 4.74 Å². The highest BCUT2D eigenvalue weighted by molar-refractivity contribution is 5.43. The van der Waals surface area contributed by atoms with Gasteiger partial charge in [0.25, 0.3) is 0 Å². The van der Waals surface area contributed by atoms with Crippen LogP contribution >= 0.6 is 0 Å². The van der Waals surface area contributed by atoms with Crippen molar-refractivity contribution in [2.45, 2.75) is 32.8 Å². The Morgan fingerprint density at radius 2 is 1.60 bits per heavy atom. The summed E-state index contributed by atoms with van der Waals surface area (Å²) in [6.45, 7) is 5.76. The molecule has 106 valence electrons. The first-order valence-corrected chi connectivity index (χ1v) is 6.73. The first-order chi connectivity index (χ1) is 9.49. The number of para-hydroxylation sites is 1. The zero-order valence-electron chi connectivity index (χ0n) is 11.9. The van der Waals surface area contributed by atoms with E-state index in [2.05, 4.69) is 13.8 Å². The Balaban J connectivity index is 2.40. The average Bonchev–Trinajstić information content (AvgIpc) is 2.41. The molecule has 2 aromatic carbocycles. The van der Waals surface area contributed by atoms with Gasteiger partial charge < -0.3 is 9.84 Å². The molecule has 0 aliphatic rings. The Labute approximate surface area is 118 Å². The highest BCUT2D eigenvalue weighted by Gasteiger charge is 2.14. The van der Waals surface area contributed by atoms with Gasteiger partial charge in [-0.15, -0.1) is 0 Å². The average molecular weight is 274 g/mol. The third-order valence-corrected chi connectivity index (χ3v) is 3.18. The first-order valence-electron chi connectivity index (χ1n) is 6.73. The number of rotatable bonds is 4. The maximum atomic E-state index is 13.3. The van der Waals surface area contributed by atoms with Gasteiger partial charge in [0.2, 0.25) is 0 Å². The lowest BCUT2D eigenvalue weighted by atomic mass is 10.0. The Morgan fingerprint density at radius 3 is 2.25 bits per heavy atom. The molecule has 1 unspecified atom stereocenters. The van der Waals surface area contributed by atoms with Crippen LogP contribution in [0.1, 0.15) is 43.9 Å². The van der Waals surface area contributed by atoms with Crippen LogP contribution in [0, 0.1) is 5.82 Å². The Kier molecular flexibility index (Phi) is 4.40. The molecule has 1 atom stereocenters. The molecule has 0 aromatic heterocycles. The lowest BCUT2D eigenvalue weighted by molar-refractivity contribution is 0.195. The SMILES string of the molecule is CC(C)c1ccccc1Oc1ccc(F)cc1C(C)O. The topological polar surface area (TPSA) is 29.5 Å². The summed E-state index contributed by atoms with van der Waals surface area (Å²) in [6.07, 6.45) is -0.785. The molecule has 0 saturated carbocycles. The molecular weight excluding hydrogens is 255 g/mol. The normalized spacial score (nSPS) is 12.5. The van der Waals surface area contributed by atoms with Crippen LogP contribution in [0.5, 0.6) is 11.5 Å². The van der Waals surface area contributed by atoms with Crippen molar-refractivity contribution in [2.24, 2.45) is 0 Å². The quantitative estimate of drug-likeness (QED) is 0.868. The molecule has 2 rings (SSSR count). The fourth-order valence-corrected chi connectivity index (χ4v) is 2.11. The number of halogens is 1. The third kappa shape index (κ3) is 3.17. The van der Waals surface area contributed by atoms with E-state index < -0.39 is 6.10 Å². The molecular formula is C17H19FO2. The predicted molar refractivity (Wildman–Crippen MR) is 77.6 cm³/mol. The van der Waals surface area contributed by atoms with Crippen molar-refractivity contribution in [3.05, 3.63) is 59.4 Å². The van der Waals surface area contributed by atoms with Crippen molar-refractivity contribution in [1.29, 1.82) is 0 Å². The van der Waals surface area contributed by atoms with E-state index in [0.29, 0.717) is 17.2 Å². The summed E-state index contributed by atoms with van der Waals surface area (Å²) in [6, 6.07) is 11.9. The molecule has 2 nitrogen and oxygen atoms in total. The van der Waals surface area contributed by atoms with E-state index in [-0.39, 0.29) is 5.82 Å². The van der Waals surface area contributed by atoms with Crippen LogP contribution in [0.25, 0.3) is 0 Å². The molecule has 1 N–H and O–H groups in total. The third-order valence-electron chi connectivity index (χ3n) is 3.18. The van der Waals surface area contributed by atoms with Crippen LogP contribution in [-0.4, -0.2) is 5.11 Å². The number of ether oxygens (including phenoxy) is 1. The highest BCUT2D eigenvalue weighted by atomic mass is 19.1. The molecule has 0 saturated heterocycles. The minimum Gasteiger partial charge on any atom is -0.457 e. The van der Waals surface area contributed by atoms with Gasteiger partial charge in [-0.3, -0.25) is 0 Å². The molecule has 0 aliphatic carbocycles. The minimum atomic E-state index is -0.785. The molecule has 0 bridgehead atoms. The van der Waals surface area contributed by atoms with Gasteiger partial charge in [-0.2, -0.15) is 0 Å². The first kappa shape index (κ1) is 14.5. The van der Waals surface area contributed by atoms with E-state index in [0.717, 1.165) is 11.3 Å². The van der Waals surface area contributed by atoms with E-state index in [1.165, 1.54) is 12.1 Å². The van der Waals surface area contributed by atoms with E-state index >= 15 is 0 Å². The van der Waals surface area contributed by atoms with Crippen molar-refractivity contribution in [1.82, 2.24) is 0 Å². The summed E-state index contributed by atoms with van der Waals surface area (Å²) in [7, 11) is 0. The van der Waals surface area contributed by atoms with E-state index in [9.17, 15) is 9.50 Å². The number of aliphatic hydroxyl groups excluding tert-OH is 1. The zero-order chi connectivity index (χ0) is 14.7. The summed E-state index contributed by atoms with van der Waals surface area (Å²) < 4.78 is 19.2. The second-order valence-corrected chi connectivity index (χ2v) is 5.15. The van der Waals surface area contributed by atoms with Crippen LogP contribution in [0.4, 0.5) is 4.39 Å². The molecule has 0 fully saturated rings. The number of benzene rings is 2. The largest absolute Gasteiger partial charge is 0.457 e. The second kappa shape index (κ2) is 6.06. The van der Waals surface area contributed by atoms with Crippen molar-refractivity contribution in [3.8, 4) is 11.5 Å². The van der Waals surface area contributed by atoms with Crippen molar-refractivity contribution >= 4 is 0 Å². The number of aliphatic hydroxyl groups is 1. The predicted octanol–water partition coefficient (Wildman–Crippen LogP) is 4.79. The molecule has 0 heterocycles. The fraction of sp³-hybridized carbons (Fsp3) is 0.294. The Morgan fingerprint density at radius 1 is 0.950 bits per heavy atom. The molecule has 2 aromatic rings. The molecule has 0 spiro atoms. The van der Waals surface area contributed by atoms with E-state index in [1.54, 1.807) is 13.0 Å². The van der Waals surface area contributed by atoms with Crippen LogP contribution in [0.3, 0.4) is 0 Å². The molecule has 0 radical (unpaired) electrons. The molecule has 3 heteroatoms. The minimum absolute atomic E-state index is 0.321. The lowest BCUT2D eigenvalue weighted by Gasteiger charge is -2.17. The van der Waals surface area contributed by atoms with Gasteiger partial charge in [0.05, 0.1) is 6.10 Å². The molecule has 20 heavy (non-hydrogen) atoms. The Hall–Kier alpha value is -1.87. The summed E-state index contributed by atoms with van der Waals surface area (Å²) in [5.74, 6) is 1.15. The van der Waals surface area contributed by atoms with Crippen LogP contribution in [-0.2, 0) is 0 Å². The fourth-order valence-electron chi connectivity index (χ4n) is 2.11. The summed E-state index contributed by atoms with van der Waals surface area (Å²) in [4.78, 5) is 0. The standard InChI is InChI=1S/C17H19FO2/c1-11(2)14-6-4-5-7-16(14)20-17-9-8-13(18)10-15(17)12(3)19/h4-12,19H,1-3H3. The van der Waals surface area contributed by atoms with E-state index in [1.807, 2.05) is 24.3 Å². The van der Waals surface area contributed by atoms with Gasteiger partial charge in [0, 0.05) is 5.56 Å². The van der Waals surface area contributed by atoms with Crippen molar-refractivity contribution in [3.63, 3.8) is 0 Å². The Bertz CT molecular complexity index is 591. The summed E-state index contributed by atoms with van der Waals surface area (Å²) in [5, 5.41) is 9.74. The lowest BCUT2D eigenvalue weighted by Crippen LogP contribution is -1.99. The van der Waals surface area contributed by atoms with Crippen LogP contribution in [0.2, 0.25) is 0 Å². The maximum Gasteiger partial charge on any atom is 0.133 e. The van der Waals surface area contributed by atoms with Crippen LogP contribution in [0.15, 0.2) is 42.5 Å². The van der Waals surface area contributed by atoms with Gasteiger partial charge in [0.1, 0.15) is 17.3 Å². The highest BCUT2D eigenvalue weighted by Crippen LogP contribution is 2.34. The van der Waals surface area contributed by atoms with Gasteiger partial charge in [0.15, 0.2) is 0 Å². The molecule has 0 amide bonds. The van der Waals surface area contributed by atoms with Crippen LogP contribution < -0.4 is 4.74 Å². The zero-order valence-corrected chi connectivity index (χ0v) is 11.9. The molecule has 0 aliphatic heterocycles. The number of hydrogen-bond acceptors (Lipinski definition) is 2. The second-order valence-electron chi connectivity index (χ2n) is 5.15. The number of hydrogen-bond donors (Lipinski definition) is 1. The summed E-state index contributed by atoms with van der Waals surface area (Å²) >= 11 is 0. The van der Waals surface area contributed by atoms with Gasteiger partial charge in [-0.25, -0.2) is 4.39 Å². The smallest absolute Gasteiger partial charge is 0.133 e. The van der Waals surface area contributed by atoms with Crippen molar-refractivity contribution in [2.75, 3.05) is 0 Å². The summed E-state index contributed by atoms with van der Waals surface area (Å²) in [5.41, 5.74) is 1.52. The van der Waals surface area contributed by atoms with Gasteiger partial charge >= 0.3 is 0 Å². The monoisotopic (exact) mass is 274 g/mol. The van der Waals surface area contributed by atoms with Gasteiger partial charge in [-0.1, -0.05) is 32.0 Å². The van der Waals surface area contributed by atoms with Crippen molar-refractivity contribution < 1.29 is 14.2 Å².